The van der Waals surface area contributed by atoms with Gasteiger partial charge in [0.15, 0.2) is 0 Å². The van der Waals surface area contributed by atoms with Crippen LogP contribution in [0.5, 0.6) is 0 Å². The fourth-order valence-electron chi connectivity index (χ4n) is 0.924. The van der Waals surface area contributed by atoms with Crippen LogP contribution < -0.4 is 0 Å². The fraction of sp³-hybridized carbons (Fsp3) is 1.00. The van der Waals surface area contributed by atoms with E-state index in [0.29, 0.717) is 0 Å². The molecule has 0 aromatic heterocycles. The molecule has 0 amide bonds. The molecule has 0 spiro atoms. The first kappa shape index (κ1) is 7.91. The van der Waals surface area contributed by atoms with Crippen molar-refractivity contribution >= 4 is 9.73 Å². The van der Waals surface area contributed by atoms with E-state index in [9.17, 15) is 13.0 Å². The second-order valence-corrected chi connectivity index (χ2v) is 5.26. The van der Waals surface area contributed by atoms with E-state index in [-0.39, 0.29) is 12.8 Å². The maximum Gasteiger partial charge on any atom is 0.250 e. The van der Waals surface area contributed by atoms with E-state index in [0.717, 1.165) is 0 Å². The van der Waals surface area contributed by atoms with Gasteiger partial charge in [0.2, 0.25) is 0 Å². The lowest BCUT2D eigenvalue weighted by Crippen LogP contribution is -2.43. The van der Waals surface area contributed by atoms with E-state index in [2.05, 4.69) is 0 Å². The number of nitrogens with one attached hydrogen (secondary N) is 1. The Balaban J connectivity index is 2.57. The van der Waals surface area contributed by atoms with Crippen molar-refractivity contribution < 1.29 is 13.0 Å². The highest BCUT2D eigenvalue weighted by Crippen LogP contribution is 2.41. The van der Waals surface area contributed by atoms with Crippen molar-refractivity contribution in [2.24, 2.45) is 0 Å². The molecule has 0 saturated heterocycles. The van der Waals surface area contributed by atoms with E-state index in [1.807, 2.05) is 0 Å². The normalized spacial score (nSPS) is 30.7. The average molecular weight is 169 g/mol. The molecule has 0 heterocycles. The van der Waals surface area contributed by atoms with Crippen molar-refractivity contribution in [3.8, 4) is 0 Å². The van der Waals surface area contributed by atoms with Gasteiger partial charge in [0.25, 0.3) is 5.92 Å². The van der Waals surface area contributed by atoms with Crippen LogP contribution in [-0.4, -0.2) is 21.6 Å². The minimum Gasteiger partial charge on any atom is -0.253 e. The molecule has 0 aliphatic heterocycles. The van der Waals surface area contributed by atoms with Crippen molar-refractivity contribution in [3.05, 3.63) is 0 Å². The van der Waals surface area contributed by atoms with E-state index >= 15 is 0 Å². The van der Waals surface area contributed by atoms with Gasteiger partial charge in [-0.25, -0.2) is 13.0 Å². The Morgan fingerprint density at radius 2 is 2.00 bits per heavy atom. The Kier molecular flexibility index (Phi) is 1.50. The highest BCUT2D eigenvalue weighted by atomic mass is 32.2. The molecule has 1 fully saturated rings. The zero-order valence-corrected chi connectivity index (χ0v) is 6.38. The van der Waals surface area contributed by atoms with Gasteiger partial charge >= 0.3 is 0 Å². The first-order chi connectivity index (χ1) is 4.31. The topological polar surface area (TPSA) is 40.9 Å². The molecule has 1 aliphatic carbocycles. The van der Waals surface area contributed by atoms with Gasteiger partial charge in [0.1, 0.15) is 0 Å². The van der Waals surface area contributed by atoms with Crippen molar-refractivity contribution in [1.82, 2.24) is 0 Å². The van der Waals surface area contributed by atoms with Crippen LogP contribution in [0.1, 0.15) is 12.8 Å². The molecule has 0 aromatic rings. The molecule has 0 radical (unpaired) electrons. The van der Waals surface area contributed by atoms with Crippen LogP contribution in [0.15, 0.2) is 0 Å². The summed E-state index contributed by atoms with van der Waals surface area (Å²) in [7, 11) is -2.72. The molecule has 0 aromatic carbocycles. The summed E-state index contributed by atoms with van der Waals surface area (Å²) in [5, 5.41) is -0.581. The minimum atomic E-state index is -2.72. The summed E-state index contributed by atoms with van der Waals surface area (Å²) in [6.45, 7) is 0. The van der Waals surface area contributed by atoms with E-state index < -0.39 is 20.9 Å². The third-order valence-electron chi connectivity index (χ3n) is 1.69. The van der Waals surface area contributed by atoms with E-state index in [4.69, 9.17) is 4.78 Å². The zero-order valence-electron chi connectivity index (χ0n) is 5.56. The predicted octanol–water partition coefficient (Wildman–Crippen LogP) is 1.46. The van der Waals surface area contributed by atoms with Crippen molar-refractivity contribution in [2.75, 3.05) is 6.26 Å². The second kappa shape index (κ2) is 1.90. The van der Waals surface area contributed by atoms with E-state index in [1.54, 1.807) is 0 Å². The van der Waals surface area contributed by atoms with Gasteiger partial charge in [-0.2, -0.15) is 0 Å². The van der Waals surface area contributed by atoms with Crippen LogP contribution in [0.2, 0.25) is 0 Å². The lowest BCUT2D eigenvalue weighted by molar-refractivity contribution is -0.0679. The van der Waals surface area contributed by atoms with Crippen molar-refractivity contribution in [1.29, 1.82) is 4.78 Å². The van der Waals surface area contributed by atoms with Crippen molar-refractivity contribution in [3.63, 3.8) is 0 Å². The lowest BCUT2D eigenvalue weighted by Gasteiger charge is -2.34. The molecule has 60 valence electrons. The number of alkyl halides is 2. The molecule has 1 atom stereocenters. The summed E-state index contributed by atoms with van der Waals surface area (Å²) < 4.78 is 42.0. The molecule has 0 bridgehead atoms. The zero-order chi connectivity index (χ0) is 7.99. The Morgan fingerprint density at radius 3 is 2.10 bits per heavy atom. The molecule has 1 rings (SSSR count). The van der Waals surface area contributed by atoms with Gasteiger partial charge < -0.3 is 0 Å². The number of hydrogen-bond acceptors (Lipinski definition) is 2. The van der Waals surface area contributed by atoms with Crippen LogP contribution in [0.3, 0.4) is 0 Å². The van der Waals surface area contributed by atoms with Crippen LogP contribution in [0.25, 0.3) is 0 Å². The van der Waals surface area contributed by atoms with Gasteiger partial charge in [-0.15, -0.1) is 0 Å². The molecule has 1 N–H and O–H groups in total. The standard InChI is InChI=1S/C5H9F2NOS/c1-10(8,9)4-2-5(6,7)3-4/h4,8H,2-3H2,1H3. The highest BCUT2D eigenvalue weighted by molar-refractivity contribution is 7.92. The quantitative estimate of drug-likeness (QED) is 0.634. The number of rotatable bonds is 1. The Hall–Kier alpha value is -0.190. The molecule has 1 saturated carbocycles. The van der Waals surface area contributed by atoms with Crippen LogP contribution in [0.4, 0.5) is 8.78 Å². The summed E-state index contributed by atoms with van der Waals surface area (Å²) in [6.07, 6.45) is 0.477. The molecule has 1 unspecified atom stereocenters. The van der Waals surface area contributed by atoms with Gasteiger partial charge in [-0.1, -0.05) is 0 Å². The molecular formula is C5H9F2NOS. The second-order valence-electron chi connectivity index (χ2n) is 2.79. The third kappa shape index (κ3) is 1.45. The fourth-order valence-corrected chi connectivity index (χ4v) is 2.05. The maximum atomic E-state index is 12.1. The Morgan fingerprint density at radius 1 is 1.60 bits per heavy atom. The summed E-state index contributed by atoms with van der Waals surface area (Å²) in [5.74, 6) is -2.65. The number of halogens is 2. The van der Waals surface area contributed by atoms with Crippen LogP contribution >= 0.6 is 0 Å². The summed E-state index contributed by atoms with van der Waals surface area (Å²) in [5.41, 5.74) is 0. The van der Waals surface area contributed by atoms with Gasteiger partial charge in [-0.3, -0.25) is 4.78 Å². The predicted molar refractivity (Wildman–Crippen MR) is 34.8 cm³/mol. The average Bonchev–Trinajstić information content (AvgIpc) is 1.56. The minimum absolute atomic E-state index is 0.369. The monoisotopic (exact) mass is 169 g/mol. The SMILES string of the molecule is CS(=N)(=O)C1CC(F)(F)C1. The van der Waals surface area contributed by atoms with Gasteiger partial charge in [0, 0.05) is 28.8 Å². The first-order valence-corrected chi connectivity index (χ1v) is 4.95. The lowest BCUT2D eigenvalue weighted by atomic mass is 9.94. The Bertz CT molecular complexity index is 226. The highest BCUT2D eigenvalue weighted by Gasteiger charge is 2.48. The Labute approximate surface area is 58.6 Å². The third-order valence-corrected chi connectivity index (χ3v) is 3.29. The summed E-state index contributed by atoms with van der Waals surface area (Å²) >= 11 is 0. The molecule has 10 heavy (non-hydrogen) atoms. The molecular weight excluding hydrogens is 160 g/mol. The summed E-state index contributed by atoms with van der Waals surface area (Å²) in [4.78, 5) is 0. The number of hydrogen-bond donors (Lipinski definition) is 1. The largest absolute Gasteiger partial charge is 0.253 e. The molecule has 2 nitrogen and oxygen atoms in total. The molecule has 1 aliphatic rings. The molecule has 5 heteroatoms. The van der Waals surface area contributed by atoms with Crippen LogP contribution in [-0.2, 0) is 9.73 Å². The summed E-state index contributed by atoms with van der Waals surface area (Å²) in [6, 6.07) is 0. The maximum absolute atomic E-state index is 12.1. The smallest absolute Gasteiger partial charge is 0.250 e. The van der Waals surface area contributed by atoms with Crippen molar-refractivity contribution in [2.45, 2.75) is 24.0 Å². The van der Waals surface area contributed by atoms with Gasteiger partial charge in [0.05, 0.1) is 5.25 Å². The first-order valence-electron chi connectivity index (χ1n) is 2.92. The van der Waals surface area contributed by atoms with Crippen LogP contribution in [0, 0.1) is 4.78 Å². The van der Waals surface area contributed by atoms with Gasteiger partial charge in [-0.05, 0) is 0 Å². The van der Waals surface area contributed by atoms with E-state index in [1.165, 1.54) is 6.26 Å².